The van der Waals surface area contributed by atoms with Crippen molar-refractivity contribution in [2.45, 2.75) is 25.9 Å². The molecule has 6 nitrogen and oxygen atoms in total. The van der Waals surface area contributed by atoms with Crippen LogP contribution in [0.3, 0.4) is 0 Å². The molecule has 0 aliphatic carbocycles. The predicted molar refractivity (Wildman–Crippen MR) is 72.1 cm³/mol. The third-order valence-corrected chi connectivity index (χ3v) is 3.68. The fraction of sp³-hybridized carbons (Fsp3) is 0.900. The highest BCUT2D eigenvalue weighted by Crippen LogP contribution is 2.17. The molecule has 0 spiro atoms. The van der Waals surface area contributed by atoms with Gasteiger partial charge < -0.3 is 10.6 Å². The summed E-state index contributed by atoms with van der Waals surface area (Å²) in [5.74, 6) is 0.272. The highest BCUT2D eigenvalue weighted by molar-refractivity contribution is 7.89. The molecular weight excluding hydrogens is 297 g/mol. The Hall–Kier alpha value is -1.03. The first-order valence-electron chi connectivity index (χ1n) is 6.19. The van der Waals surface area contributed by atoms with Crippen LogP contribution in [-0.2, 0) is 10.0 Å². The summed E-state index contributed by atoms with van der Waals surface area (Å²) in [4.78, 5) is 3.76. The summed E-state index contributed by atoms with van der Waals surface area (Å²) < 4.78 is 60.4. The maximum Gasteiger partial charge on any atom is 0.390 e. The molecule has 0 amide bonds. The molecule has 120 valence electrons. The number of rotatable bonds is 8. The molecule has 0 bridgehead atoms. The lowest BCUT2D eigenvalue weighted by Crippen LogP contribution is -2.40. The van der Waals surface area contributed by atoms with Gasteiger partial charge in [-0.1, -0.05) is 0 Å². The normalized spacial score (nSPS) is 13.3. The van der Waals surface area contributed by atoms with Crippen molar-refractivity contribution in [3.05, 3.63) is 0 Å². The highest BCUT2D eigenvalue weighted by atomic mass is 32.2. The van der Waals surface area contributed by atoms with E-state index in [0.29, 0.717) is 13.0 Å². The second-order valence-corrected chi connectivity index (χ2v) is 6.04. The lowest BCUT2D eigenvalue weighted by Gasteiger charge is -2.13. The smallest absolute Gasteiger partial charge is 0.356 e. The van der Waals surface area contributed by atoms with Gasteiger partial charge >= 0.3 is 6.18 Å². The number of aliphatic imine (C=N–C) groups is 1. The molecule has 3 N–H and O–H groups in total. The average Bonchev–Trinajstić information content (AvgIpc) is 2.34. The Bertz CT molecular complexity index is 396. The molecular formula is C10H21F3N4O2S. The first kappa shape index (κ1) is 19.0. The minimum atomic E-state index is -4.20. The molecule has 0 fully saturated rings. The third-order valence-electron chi connectivity index (χ3n) is 2.27. The van der Waals surface area contributed by atoms with Gasteiger partial charge in [0.15, 0.2) is 5.96 Å². The average molecular weight is 318 g/mol. The van der Waals surface area contributed by atoms with E-state index in [1.165, 1.54) is 14.0 Å². The summed E-state index contributed by atoms with van der Waals surface area (Å²) >= 11 is 0. The molecule has 0 aromatic heterocycles. The van der Waals surface area contributed by atoms with Crippen LogP contribution in [0.2, 0.25) is 0 Å². The van der Waals surface area contributed by atoms with E-state index in [9.17, 15) is 21.6 Å². The SMILES string of the molecule is CCS(=O)(=O)NCCCNC(=NC)NCCC(F)(F)F. The largest absolute Gasteiger partial charge is 0.390 e. The number of hydrogen-bond donors (Lipinski definition) is 3. The highest BCUT2D eigenvalue weighted by Gasteiger charge is 2.26. The topological polar surface area (TPSA) is 82.6 Å². The molecule has 0 saturated carbocycles. The van der Waals surface area contributed by atoms with Gasteiger partial charge in [0.05, 0.1) is 12.2 Å². The monoisotopic (exact) mass is 318 g/mol. The zero-order valence-corrected chi connectivity index (χ0v) is 12.4. The Kier molecular flexibility index (Phi) is 8.54. The van der Waals surface area contributed by atoms with Crippen LogP contribution in [0.15, 0.2) is 4.99 Å². The van der Waals surface area contributed by atoms with Crippen LogP contribution >= 0.6 is 0 Å². The van der Waals surface area contributed by atoms with Gasteiger partial charge in [0.25, 0.3) is 0 Å². The van der Waals surface area contributed by atoms with Crippen molar-refractivity contribution < 1.29 is 21.6 Å². The van der Waals surface area contributed by atoms with E-state index in [4.69, 9.17) is 0 Å². The first-order valence-corrected chi connectivity index (χ1v) is 7.84. The fourth-order valence-electron chi connectivity index (χ4n) is 1.17. The van der Waals surface area contributed by atoms with Crippen LogP contribution in [0.5, 0.6) is 0 Å². The number of halogens is 3. The molecule has 0 aromatic rings. The van der Waals surface area contributed by atoms with Crippen molar-refractivity contribution in [1.82, 2.24) is 15.4 Å². The number of nitrogens with one attached hydrogen (secondary N) is 3. The number of guanidine groups is 1. The molecule has 20 heavy (non-hydrogen) atoms. The van der Waals surface area contributed by atoms with Gasteiger partial charge in [0.2, 0.25) is 10.0 Å². The van der Waals surface area contributed by atoms with Gasteiger partial charge in [-0.25, -0.2) is 13.1 Å². The minimum Gasteiger partial charge on any atom is -0.356 e. The molecule has 0 heterocycles. The van der Waals surface area contributed by atoms with Gasteiger partial charge in [-0.3, -0.25) is 4.99 Å². The molecule has 0 aliphatic heterocycles. The quantitative estimate of drug-likeness (QED) is 0.344. The van der Waals surface area contributed by atoms with E-state index in [-0.39, 0.29) is 24.8 Å². The first-order chi connectivity index (χ1) is 9.20. The van der Waals surface area contributed by atoms with Crippen LogP contribution in [0.4, 0.5) is 13.2 Å². The van der Waals surface area contributed by atoms with Gasteiger partial charge in [0, 0.05) is 26.7 Å². The lowest BCUT2D eigenvalue weighted by atomic mass is 10.4. The zero-order valence-electron chi connectivity index (χ0n) is 11.5. The minimum absolute atomic E-state index is 0.0150. The van der Waals surface area contributed by atoms with Crippen molar-refractivity contribution in [1.29, 1.82) is 0 Å². The second kappa shape index (κ2) is 9.01. The Morgan fingerprint density at radius 1 is 1.15 bits per heavy atom. The van der Waals surface area contributed by atoms with E-state index in [2.05, 4.69) is 20.3 Å². The van der Waals surface area contributed by atoms with Crippen LogP contribution in [0.1, 0.15) is 19.8 Å². The number of hydrogen-bond acceptors (Lipinski definition) is 3. The molecule has 10 heteroatoms. The summed E-state index contributed by atoms with van der Waals surface area (Å²) in [5.41, 5.74) is 0. The molecule has 0 aliphatic rings. The summed E-state index contributed by atoms with van der Waals surface area (Å²) in [6, 6.07) is 0. The molecule has 0 atom stereocenters. The molecule has 0 radical (unpaired) electrons. The summed E-state index contributed by atoms with van der Waals surface area (Å²) in [6.07, 6.45) is -4.65. The van der Waals surface area contributed by atoms with Crippen molar-refractivity contribution >= 4 is 16.0 Å². The van der Waals surface area contributed by atoms with Gasteiger partial charge in [0.1, 0.15) is 0 Å². The van der Waals surface area contributed by atoms with E-state index in [1.54, 1.807) is 0 Å². The van der Waals surface area contributed by atoms with E-state index in [0.717, 1.165) is 0 Å². The van der Waals surface area contributed by atoms with Crippen molar-refractivity contribution in [3.8, 4) is 0 Å². The Balaban J connectivity index is 3.77. The second-order valence-electron chi connectivity index (χ2n) is 3.94. The fourth-order valence-corrected chi connectivity index (χ4v) is 1.83. The Morgan fingerprint density at radius 2 is 1.75 bits per heavy atom. The maximum atomic E-state index is 11.9. The molecule has 0 rings (SSSR count). The summed E-state index contributed by atoms with van der Waals surface area (Å²) in [6.45, 7) is 1.94. The predicted octanol–water partition coefficient (Wildman–Crippen LogP) is 0.433. The van der Waals surface area contributed by atoms with Crippen LogP contribution < -0.4 is 15.4 Å². The van der Waals surface area contributed by atoms with Crippen LogP contribution in [-0.4, -0.2) is 53.0 Å². The molecule has 0 unspecified atom stereocenters. The van der Waals surface area contributed by atoms with Gasteiger partial charge in [-0.15, -0.1) is 0 Å². The standard InChI is InChI=1S/C10H21F3N4O2S/c1-3-20(18,19)17-7-4-6-15-9(14-2)16-8-5-10(11,12)13/h17H,3-8H2,1-2H3,(H2,14,15,16). The van der Waals surface area contributed by atoms with Crippen molar-refractivity contribution in [2.24, 2.45) is 4.99 Å². The van der Waals surface area contributed by atoms with Crippen LogP contribution in [0, 0.1) is 0 Å². The van der Waals surface area contributed by atoms with Crippen LogP contribution in [0.25, 0.3) is 0 Å². The Morgan fingerprint density at radius 3 is 2.25 bits per heavy atom. The van der Waals surface area contributed by atoms with E-state index >= 15 is 0 Å². The summed E-state index contributed by atoms with van der Waals surface area (Å²) in [7, 11) is -1.76. The molecule has 0 saturated heterocycles. The number of sulfonamides is 1. The van der Waals surface area contributed by atoms with Gasteiger partial charge in [-0.05, 0) is 13.3 Å². The Labute approximate surface area is 117 Å². The van der Waals surface area contributed by atoms with Gasteiger partial charge in [-0.2, -0.15) is 13.2 Å². The van der Waals surface area contributed by atoms with E-state index < -0.39 is 22.6 Å². The lowest BCUT2D eigenvalue weighted by molar-refractivity contribution is -0.132. The van der Waals surface area contributed by atoms with Crippen molar-refractivity contribution in [2.75, 3.05) is 32.4 Å². The van der Waals surface area contributed by atoms with Crippen molar-refractivity contribution in [3.63, 3.8) is 0 Å². The maximum absolute atomic E-state index is 11.9. The third kappa shape index (κ3) is 10.9. The molecule has 0 aromatic carbocycles. The summed E-state index contributed by atoms with van der Waals surface area (Å²) in [5, 5.41) is 5.32. The zero-order chi connectivity index (χ0) is 15.6. The van der Waals surface area contributed by atoms with E-state index in [1.807, 2.05) is 0 Å². The number of nitrogens with zero attached hydrogens (tertiary/aromatic N) is 1. The number of alkyl halides is 3.